The van der Waals surface area contributed by atoms with Crippen molar-refractivity contribution in [1.82, 2.24) is 10.3 Å². The molecule has 0 aromatic heterocycles. The van der Waals surface area contributed by atoms with E-state index in [0.717, 1.165) is 37.2 Å². The number of hydrazine groups is 1. The largest absolute Gasteiger partial charge is 0.303 e. The Morgan fingerprint density at radius 2 is 1.96 bits per heavy atom. The van der Waals surface area contributed by atoms with Crippen molar-refractivity contribution in [2.24, 2.45) is 5.84 Å². The highest BCUT2D eigenvalue weighted by Crippen LogP contribution is 2.47. The molecule has 1 fully saturated rings. The van der Waals surface area contributed by atoms with Crippen molar-refractivity contribution >= 4 is 21.6 Å². The van der Waals surface area contributed by atoms with E-state index < -0.39 is 10.0 Å². The number of likely N-dealkylation sites (tertiary alicyclic amines) is 1. The highest BCUT2D eigenvalue weighted by molar-refractivity contribution is 7.92. The molecule has 1 amide bonds. The van der Waals surface area contributed by atoms with E-state index in [9.17, 15) is 13.2 Å². The number of fused-ring (bicyclic) bond motifs is 2. The molecule has 3 N–H and O–H groups in total. The van der Waals surface area contributed by atoms with Crippen LogP contribution in [0.25, 0.3) is 0 Å². The van der Waals surface area contributed by atoms with E-state index in [1.165, 1.54) is 6.26 Å². The number of rotatable bonds is 4. The van der Waals surface area contributed by atoms with E-state index in [-0.39, 0.29) is 11.3 Å². The van der Waals surface area contributed by atoms with Crippen LogP contribution in [0.1, 0.15) is 24.8 Å². The molecule has 7 nitrogen and oxygen atoms in total. The minimum Gasteiger partial charge on any atom is -0.303 e. The monoisotopic (exact) mass is 352 g/mol. The number of sulfonamides is 1. The third-order valence-corrected chi connectivity index (χ3v) is 6.35. The number of anilines is 1. The highest BCUT2D eigenvalue weighted by atomic mass is 32.2. The Morgan fingerprint density at radius 3 is 2.58 bits per heavy atom. The summed E-state index contributed by atoms with van der Waals surface area (Å²) in [5.74, 6) is 4.95. The number of hydrogen-bond acceptors (Lipinski definition) is 5. The Morgan fingerprint density at radius 1 is 1.29 bits per heavy atom. The van der Waals surface area contributed by atoms with Gasteiger partial charge in [-0.25, -0.2) is 14.3 Å². The zero-order chi connectivity index (χ0) is 17.4. The van der Waals surface area contributed by atoms with Gasteiger partial charge in [0, 0.05) is 24.9 Å². The van der Waals surface area contributed by atoms with Crippen LogP contribution in [0.3, 0.4) is 0 Å². The fraction of sp³-hybridized carbons (Fsp3) is 0.562. The molecule has 0 saturated carbocycles. The lowest BCUT2D eigenvalue weighted by Crippen LogP contribution is -2.46. The minimum absolute atomic E-state index is 0.119. The molecule has 1 saturated heterocycles. The van der Waals surface area contributed by atoms with E-state index in [0.29, 0.717) is 19.5 Å². The van der Waals surface area contributed by atoms with Crippen molar-refractivity contribution in [1.29, 1.82) is 0 Å². The van der Waals surface area contributed by atoms with Gasteiger partial charge in [-0.2, -0.15) is 0 Å². The predicted molar refractivity (Wildman–Crippen MR) is 92.9 cm³/mol. The van der Waals surface area contributed by atoms with Crippen LogP contribution in [0.15, 0.2) is 24.3 Å². The highest BCUT2D eigenvalue weighted by Gasteiger charge is 2.46. The van der Waals surface area contributed by atoms with Gasteiger partial charge in [0.15, 0.2) is 0 Å². The van der Waals surface area contributed by atoms with Crippen LogP contribution in [0, 0.1) is 0 Å². The summed E-state index contributed by atoms with van der Waals surface area (Å²) in [5, 5.41) is 0. The van der Waals surface area contributed by atoms with E-state index in [1.807, 2.05) is 18.2 Å². The van der Waals surface area contributed by atoms with Crippen LogP contribution in [0.2, 0.25) is 0 Å². The molecule has 1 aromatic rings. The summed E-state index contributed by atoms with van der Waals surface area (Å²) in [6, 6.07) is 7.81. The van der Waals surface area contributed by atoms with Gasteiger partial charge in [0.2, 0.25) is 15.9 Å². The summed E-state index contributed by atoms with van der Waals surface area (Å²) in [6.07, 6.45) is 3.43. The van der Waals surface area contributed by atoms with Gasteiger partial charge in [0.25, 0.3) is 0 Å². The minimum atomic E-state index is -3.28. The quantitative estimate of drug-likeness (QED) is 0.458. The predicted octanol–water partition coefficient (Wildman–Crippen LogP) is 0.180. The van der Waals surface area contributed by atoms with Gasteiger partial charge in [-0.05, 0) is 37.6 Å². The number of para-hydroxylation sites is 1. The SMILES string of the molecule is CS(=O)(=O)N1CC2(CCN(CCC(=O)NN)CC2)c2ccccc21. The molecular formula is C16H24N4O3S. The molecule has 1 spiro atoms. The number of piperidine rings is 1. The van der Waals surface area contributed by atoms with E-state index in [1.54, 1.807) is 4.31 Å². The topological polar surface area (TPSA) is 95.7 Å². The van der Waals surface area contributed by atoms with Crippen molar-refractivity contribution in [2.45, 2.75) is 24.7 Å². The molecule has 2 heterocycles. The lowest BCUT2D eigenvalue weighted by atomic mass is 9.74. The summed E-state index contributed by atoms with van der Waals surface area (Å²) in [6.45, 7) is 2.90. The van der Waals surface area contributed by atoms with Crippen molar-refractivity contribution < 1.29 is 13.2 Å². The van der Waals surface area contributed by atoms with E-state index in [4.69, 9.17) is 5.84 Å². The zero-order valence-electron chi connectivity index (χ0n) is 13.9. The van der Waals surface area contributed by atoms with Crippen LogP contribution in [-0.4, -0.2) is 51.7 Å². The van der Waals surface area contributed by atoms with Crippen molar-refractivity contribution in [3.8, 4) is 0 Å². The average Bonchev–Trinajstić information content (AvgIpc) is 2.89. The molecule has 24 heavy (non-hydrogen) atoms. The van der Waals surface area contributed by atoms with Gasteiger partial charge in [-0.1, -0.05) is 18.2 Å². The summed E-state index contributed by atoms with van der Waals surface area (Å²) in [7, 11) is -3.28. The Balaban J connectivity index is 1.75. The fourth-order valence-corrected chi connectivity index (χ4v) is 4.84. The Kier molecular flexibility index (Phi) is 4.54. The van der Waals surface area contributed by atoms with Crippen molar-refractivity contribution in [3.63, 3.8) is 0 Å². The van der Waals surface area contributed by atoms with E-state index >= 15 is 0 Å². The number of nitrogens with two attached hydrogens (primary N) is 1. The van der Waals surface area contributed by atoms with Gasteiger partial charge in [0.05, 0.1) is 11.9 Å². The van der Waals surface area contributed by atoms with Crippen LogP contribution in [-0.2, 0) is 20.2 Å². The maximum absolute atomic E-state index is 12.2. The maximum atomic E-state index is 12.2. The number of benzene rings is 1. The van der Waals surface area contributed by atoms with Gasteiger partial charge < -0.3 is 4.90 Å². The molecule has 0 unspecified atom stereocenters. The molecule has 8 heteroatoms. The number of amides is 1. The molecule has 0 aliphatic carbocycles. The Labute approximate surface area is 142 Å². The number of carbonyl (C=O) groups is 1. The molecule has 0 radical (unpaired) electrons. The smallest absolute Gasteiger partial charge is 0.235 e. The summed E-state index contributed by atoms with van der Waals surface area (Å²) < 4.78 is 25.9. The van der Waals surface area contributed by atoms with Gasteiger partial charge >= 0.3 is 0 Å². The molecule has 1 aromatic carbocycles. The molecule has 132 valence electrons. The normalized spacial score (nSPS) is 20.2. The van der Waals surface area contributed by atoms with Crippen molar-refractivity contribution in [3.05, 3.63) is 29.8 Å². The lowest BCUT2D eigenvalue weighted by molar-refractivity contribution is -0.121. The number of carbonyl (C=O) groups excluding carboxylic acids is 1. The number of nitrogens with one attached hydrogen (secondary N) is 1. The molecule has 0 bridgehead atoms. The third kappa shape index (κ3) is 3.13. The Hall–Kier alpha value is -1.64. The second-order valence-electron chi connectivity index (χ2n) is 6.73. The summed E-state index contributed by atoms with van der Waals surface area (Å²) >= 11 is 0. The summed E-state index contributed by atoms with van der Waals surface area (Å²) in [4.78, 5) is 13.5. The molecule has 0 atom stereocenters. The van der Waals surface area contributed by atoms with Gasteiger partial charge in [-0.15, -0.1) is 0 Å². The molecular weight excluding hydrogens is 328 g/mol. The number of hydrogen-bond donors (Lipinski definition) is 2. The first kappa shape index (κ1) is 17.2. The summed E-state index contributed by atoms with van der Waals surface area (Å²) in [5.41, 5.74) is 3.98. The second-order valence-corrected chi connectivity index (χ2v) is 8.63. The molecule has 2 aliphatic rings. The second kappa shape index (κ2) is 6.34. The first-order chi connectivity index (χ1) is 11.4. The third-order valence-electron chi connectivity index (χ3n) is 5.22. The lowest BCUT2D eigenvalue weighted by Gasteiger charge is -2.39. The van der Waals surface area contributed by atoms with Gasteiger partial charge in [-0.3, -0.25) is 14.5 Å². The van der Waals surface area contributed by atoms with Crippen LogP contribution < -0.4 is 15.6 Å². The van der Waals surface area contributed by atoms with E-state index in [2.05, 4.69) is 16.4 Å². The fourth-order valence-electron chi connectivity index (χ4n) is 3.84. The average molecular weight is 352 g/mol. The first-order valence-electron chi connectivity index (χ1n) is 8.15. The molecule has 2 aliphatic heterocycles. The molecule has 3 rings (SSSR count). The first-order valence-corrected chi connectivity index (χ1v) is 10.00. The zero-order valence-corrected chi connectivity index (χ0v) is 14.7. The standard InChI is InChI=1S/C16H24N4O3S/c1-24(22,23)20-12-16(13-4-2-3-5-14(13)20)7-10-19(11-8-16)9-6-15(21)18-17/h2-5H,6-12,17H2,1H3,(H,18,21). The van der Waals surface area contributed by atoms with Crippen molar-refractivity contribution in [2.75, 3.05) is 36.7 Å². The van der Waals surface area contributed by atoms with Crippen LogP contribution >= 0.6 is 0 Å². The Bertz CT molecular complexity index is 727. The maximum Gasteiger partial charge on any atom is 0.235 e. The van der Waals surface area contributed by atoms with Gasteiger partial charge in [0.1, 0.15) is 0 Å². The number of nitrogens with zero attached hydrogens (tertiary/aromatic N) is 2. The van der Waals surface area contributed by atoms with Crippen LogP contribution in [0.4, 0.5) is 5.69 Å². The van der Waals surface area contributed by atoms with Crippen LogP contribution in [0.5, 0.6) is 0 Å².